The number of nitrogens with two attached hydrogens (primary N) is 2. The summed E-state index contributed by atoms with van der Waals surface area (Å²) in [4.78, 5) is 12.4. The summed E-state index contributed by atoms with van der Waals surface area (Å²) in [5.41, 5.74) is 12.2. The highest BCUT2D eigenvalue weighted by Crippen LogP contribution is 2.17. The molecule has 2 aromatic rings. The molecule has 2 rings (SSSR count). The lowest BCUT2D eigenvalue weighted by molar-refractivity contribution is 0.975. The van der Waals surface area contributed by atoms with Gasteiger partial charge in [-0.1, -0.05) is 17.8 Å². The third kappa shape index (κ3) is 3.60. The number of nitrogen functional groups attached to an aromatic ring is 2. The van der Waals surface area contributed by atoms with Gasteiger partial charge in [0.1, 0.15) is 11.6 Å². The van der Waals surface area contributed by atoms with E-state index in [1.165, 1.54) is 11.8 Å². The van der Waals surface area contributed by atoms with Crippen LogP contribution in [0.3, 0.4) is 0 Å². The van der Waals surface area contributed by atoms with E-state index in [-0.39, 0.29) is 0 Å². The first kappa shape index (κ1) is 11.7. The van der Waals surface area contributed by atoms with Crippen molar-refractivity contribution in [1.29, 1.82) is 0 Å². The Kier molecular flexibility index (Phi) is 3.77. The minimum atomic E-state index is 0.401. The lowest BCUT2D eigenvalue weighted by Crippen LogP contribution is -2.00. The normalized spacial score (nSPS) is 10.4. The Morgan fingerprint density at radius 1 is 1.12 bits per heavy atom. The highest BCUT2D eigenvalue weighted by molar-refractivity contribution is 7.99. The summed E-state index contributed by atoms with van der Waals surface area (Å²) in [5, 5.41) is 0.610. The Labute approximate surface area is 104 Å². The molecule has 0 fully saturated rings. The van der Waals surface area contributed by atoms with E-state index < -0.39 is 0 Å². The average Bonchev–Trinajstić information content (AvgIpc) is 2.29. The number of hydrogen-bond acceptors (Lipinski definition) is 6. The Morgan fingerprint density at radius 2 is 1.88 bits per heavy atom. The van der Waals surface area contributed by atoms with Gasteiger partial charge in [-0.25, -0.2) is 9.97 Å². The molecule has 0 amide bonds. The molecule has 0 unspecified atom stereocenters. The van der Waals surface area contributed by atoms with Crippen LogP contribution in [-0.4, -0.2) is 20.7 Å². The summed E-state index contributed by atoms with van der Waals surface area (Å²) in [6.07, 6.45) is 2.65. The molecule has 4 N–H and O–H groups in total. The number of nitrogens with zero attached hydrogens (tertiary/aromatic N) is 3. The summed E-state index contributed by atoms with van der Waals surface area (Å²) < 4.78 is 0. The van der Waals surface area contributed by atoms with Gasteiger partial charge >= 0.3 is 0 Å². The van der Waals surface area contributed by atoms with Crippen molar-refractivity contribution in [2.75, 3.05) is 17.2 Å². The van der Waals surface area contributed by atoms with Crippen molar-refractivity contribution in [2.24, 2.45) is 0 Å². The molecule has 5 nitrogen and oxygen atoms in total. The third-order valence-electron chi connectivity index (χ3n) is 2.06. The fourth-order valence-electron chi connectivity index (χ4n) is 1.32. The lowest BCUT2D eigenvalue weighted by Gasteiger charge is -2.02. The minimum Gasteiger partial charge on any atom is -0.383 e. The van der Waals surface area contributed by atoms with Gasteiger partial charge in [0.25, 0.3) is 0 Å². The van der Waals surface area contributed by atoms with Gasteiger partial charge in [-0.3, -0.25) is 4.98 Å². The maximum Gasteiger partial charge on any atom is 0.191 e. The predicted octanol–water partition coefficient (Wildman–Crippen LogP) is 1.37. The minimum absolute atomic E-state index is 0.401. The maximum atomic E-state index is 5.59. The van der Waals surface area contributed by atoms with Gasteiger partial charge < -0.3 is 11.5 Å². The molecule has 2 aromatic heterocycles. The molecule has 88 valence electrons. The first-order valence-electron chi connectivity index (χ1n) is 5.17. The van der Waals surface area contributed by atoms with E-state index >= 15 is 0 Å². The Balaban J connectivity index is 1.90. The van der Waals surface area contributed by atoms with E-state index in [1.54, 1.807) is 12.3 Å². The van der Waals surface area contributed by atoms with Crippen LogP contribution in [0.1, 0.15) is 5.69 Å². The van der Waals surface area contributed by atoms with E-state index in [0.717, 1.165) is 17.9 Å². The lowest BCUT2D eigenvalue weighted by atomic mass is 10.3. The monoisotopic (exact) mass is 247 g/mol. The van der Waals surface area contributed by atoms with Crippen molar-refractivity contribution < 1.29 is 0 Å². The molecule has 6 heteroatoms. The van der Waals surface area contributed by atoms with Crippen LogP contribution in [0, 0.1) is 0 Å². The summed E-state index contributed by atoms with van der Waals surface area (Å²) in [6, 6.07) is 7.41. The fourth-order valence-corrected chi connectivity index (χ4v) is 2.15. The Hall–Kier alpha value is -1.82. The van der Waals surface area contributed by atoms with Gasteiger partial charge in [-0.05, 0) is 18.6 Å². The number of hydrogen-bond donors (Lipinski definition) is 2. The molecular weight excluding hydrogens is 234 g/mol. The molecule has 0 atom stereocenters. The zero-order chi connectivity index (χ0) is 12.1. The molecule has 0 saturated heterocycles. The molecule has 0 aliphatic heterocycles. The van der Waals surface area contributed by atoms with Crippen LogP contribution in [0.5, 0.6) is 0 Å². The zero-order valence-corrected chi connectivity index (χ0v) is 10.0. The van der Waals surface area contributed by atoms with Crippen molar-refractivity contribution in [3.05, 3.63) is 36.2 Å². The second-order valence-corrected chi connectivity index (χ2v) is 4.48. The predicted molar refractivity (Wildman–Crippen MR) is 69.5 cm³/mol. The Bertz CT molecular complexity index is 468. The van der Waals surface area contributed by atoms with E-state index in [9.17, 15) is 0 Å². The van der Waals surface area contributed by atoms with Crippen molar-refractivity contribution in [1.82, 2.24) is 15.0 Å². The second-order valence-electron chi connectivity index (χ2n) is 3.42. The van der Waals surface area contributed by atoms with Crippen LogP contribution < -0.4 is 11.5 Å². The number of pyridine rings is 1. The van der Waals surface area contributed by atoms with Gasteiger partial charge in [-0.2, -0.15) is 0 Å². The van der Waals surface area contributed by atoms with Crippen LogP contribution in [0.25, 0.3) is 0 Å². The van der Waals surface area contributed by atoms with E-state index in [2.05, 4.69) is 15.0 Å². The summed E-state index contributed by atoms with van der Waals surface area (Å²) >= 11 is 1.52. The highest BCUT2D eigenvalue weighted by atomic mass is 32.2. The molecule has 0 aliphatic carbocycles. The van der Waals surface area contributed by atoms with Crippen LogP contribution in [0.15, 0.2) is 35.6 Å². The summed E-state index contributed by atoms with van der Waals surface area (Å²) in [5.74, 6) is 1.65. The van der Waals surface area contributed by atoms with Gasteiger partial charge in [0, 0.05) is 23.7 Å². The fraction of sp³-hybridized carbons (Fsp3) is 0.182. The van der Waals surface area contributed by atoms with Crippen LogP contribution in [0.2, 0.25) is 0 Å². The molecule has 0 aliphatic rings. The third-order valence-corrected chi connectivity index (χ3v) is 2.91. The number of anilines is 2. The number of rotatable bonds is 4. The average molecular weight is 247 g/mol. The molecule has 0 bridgehead atoms. The largest absolute Gasteiger partial charge is 0.383 e. The molecule has 0 radical (unpaired) electrons. The van der Waals surface area contributed by atoms with Crippen molar-refractivity contribution in [3.63, 3.8) is 0 Å². The zero-order valence-electron chi connectivity index (χ0n) is 9.21. The standard InChI is InChI=1S/C11H13N5S/c12-9-7-10(13)16-11(15-9)17-6-4-8-3-1-2-5-14-8/h1-3,5,7H,4,6H2,(H4,12,13,15,16). The first-order chi connectivity index (χ1) is 8.24. The van der Waals surface area contributed by atoms with Gasteiger partial charge in [0.05, 0.1) is 0 Å². The van der Waals surface area contributed by atoms with Crippen LogP contribution >= 0.6 is 11.8 Å². The van der Waals surface area contributed by atoms with Crippen LogP contribution in [0.4, 0.5) is 11.6 Å². The molecule has 2 heterocycles. The molecular formula is C11H13N5S. The van der Waals surface area contributed by atoms with E-state index in [0.29, 0.717) is 16.8 Å². The summed E-state index contributed by atoms with van der Waals surface area (Å²) in [7, 11) is 0. The smallest absolute Gasteiger partial charge is 0.191 e. The van der Waals surface area contributed by atoms with Gasteiger partial charge in [-0.15, -0.1) is 0 Å². The van der Waals surface area contributed by atoms with E-state index in [1.807, 2.05) is 18.2 Å². The number of aryl methyl sites for hydroxylation is 1. The van der Waals surface area contributed by atoms with Crippen molar-refractivity contribution >= 4 is 23.4 Å². The number of thioether (sulfide) groups is 1. The molecule has 17 heavy (non-hydrogen) atoms. The Morgan fingerprint density at radius 3 is 2.53 bits per heavy atom. The SMILES string of the molecule is Nc1cc(N)nc(SCCc2ccccn2)n1. The van der Waals surface area contributed by atoms with Crippen molar-refractivity contribution in [3.8, 4) is 0 Å². The first-order valence-corrected chi connectivity index (χ1v) is 6.15. The maximum absolute atomic E-state index is 5.59. The van der Waals surface area contributed by atoms with E-state index in [4.69, 9.17) is 11.5 Å². The number of aromatic nitrogens is 3. The quantitative estimate of drug-likeness (QED) is 0.626. The van der Waals surface area contributed by atoms with Gasteiger partial charge in [0.15, 0.2) is 5.16 Å². The summed E-state index contributed by atoms with van der Waals surface area (Å²) in [6.45, 7) is 0. The highest BCUT2D eigenvalue weighted by Gasteiger charge is 2.01. The van der Waals surface area contributed by atoms with Crippen molar-refractivity contribution in [2.45, 2.75) is 11.6 Å². The molecule has 0 saturated carbocycles. The molecule has 0 aromatic carbocycles. The van der Waals surface area contributed by atoms with Gasteiger partial charge in [0.2, 0.25) is 0 Å². The second kappa shape index (κ2) is 5.49. The topological polar surface area (TPSA) is 90.7 Å². The molecule has 0 spiro atoms. The van der Waals surface area contributed by atoms with Crippen LogP contribution in [-0.2, 0) is 6.42 Å².